The number of carbonyl (C=O) groups is 3. The molecule has 0 aromatic heterocycles. The number of ketones is 2. The molecule has 35 heavy (non-hydrogen) atoms. The van der Waals surface area contributed by atoms with Crippen LogP contribution in [-0.4, -0.2) is 46.5 Å². The highest BCUT2D eigenvalue weighted by Crippen LogP contribution is 2.77. The molecule has 0 N–H and O–H groups in total. The summed E-state index contributed by atoms with van der Waals surface area (Å²) in [6.45, 7) is 12.1. The third kappa shape index (κ3) is 2.48. The topological polar surface area (TPSA) is 72.9 Å². The lowest BCUT2D eigenvalue weighted by Gasteiger charge is -2.76. The lowest BCUT2D eigenvalue weighted by Crippen LogP contribution is -2.82. The van der Waals surface area contributed by atoms with E-state index >= 15 is 0 Å². The minimum Gasteiger partial charge on any atom is -0.443 e. The molecular weight excluding hydrogens is 442 g/mol. The zero-order valence-electron chi connectivity index (χ0n) is 22.0. The minimum atomic E-state index is -0.786. The minimum absolute atomic E-state index is 0.165. The number of hydrogen-bond donors (Lipinski definition) is 0. The summed E-state index contributed by atoms with van der Waals surface area (Å²) in [6.07, 6.45) is 6.88. The normalized spacial score (nSPS) is 59.2. The summed E-state index contributed by atoms with van der Waals surface area (Å²) in [7, 11) is 0. The van der Waals surface area contributed by atoms with Gasteiger partial charge in [-0.2, -0.15) is 0 Å². The van der Waals surface area contributed by atoms with Crippen LogP contribution in [0.15, 0.2) is 0 Å². The van der Waals surface area contributed by atoms with Crippen LogP contribution in [0.5, 0.6) is 0 Å². The van der Waals surface area contributed by atoms with E-state index in [1.165, 1.54) is 0 Å². The molecule has 4 bridgehead atoms. The Hall–Kier alpha value is -1.27. The van der Waals surface area contributed by atoms with E-state index in [1.807, 2.05) is 0 Å². The standard InChI is InChI=1S/C29H41NO5/c1-16-9-20-19(21(31)10-16)11-22(32)24-25(20,3)15-29-27(5,26(24,4)13-23(33)35-29)6-7-28-12-17(2)8-18(34-28)14-30(28)29/h16-20,24H,6-15H2,1-5H3/t16-,17-,18+,19-,20+,24-,25-,26-,27-,28-,29+/m0/s1. The van der Waals surface area contributed by atoms with Crippen molar-refractivity contribution in [2.45, 2.75) is 110 Å². The largest absolute Gasteiger partial charge is 0.443 e. The van der Waals surface area contributed by atoms with Crippen LogP contribution in [0.4, 0.5) is 0 Å². The van der Waals surface area contributed by atoms with Gasteiger partial charge in [-0.1, -0.05) is 34.6 Å². The van der Waals surface area contributed by atoms with E-state index in [1.54, 1.807) is 0 Å². The van der Waals surface area contributed by atoms with Crippen LogP contribution >= 0.6 is 0 Å². The van der Waals surface area contributed by atoms with E-state index in [-0.39, 0.29) is 57.9 Å². The number of nitrogens with zero attached hydrogens (tertiary/aromatic N) is 1. The lowest BCUT2D eigenvalue weighted by atomic mass is 9.34. The van der Waals surface area contributed by atoms with Gasteiger partial charge < -0.3 is 9.47 Å². The van der Waals surface area contributed by atoms with Crippen molar-refractivity contribution < 1.29 is 23.9 Å². The van der Waals surface area contributed by atoms with Crippen LogP contribution < -0.4 is 0 Å². The maximum atomic E-state index is 14.1. The predicted octanol–water partition coefficient (Wildman–Crippen LogP) is 4.49. The first-order valence-corrected chi connectivity index (χ1v) is 14.1. The van der Waals surface area contributed by atoms with E-state index in [4.69, 9.17) is 9.47 Å². The maximum absolute atomic E-state index is 14.1. The molecule has 4 heterocycles. The van der Waals surface area contributed by atoms with Crippen LogP contribution in [0.25, 0.3) is 0 Å². The Balaban J connectivity index is 1.44. The summed E-state index contributed by atoms with van der Waals surface area (Å²) in [4.78, 5) is 43.2. The number of carbonyl (C=O) groups excluding carboxylic acids is 3. The molecule has 7 fully saturated rings. The molecule has 11 atom stereocenters. The molecule has 0 radical (unpaired) electrons. The Bertz CT molecular complexity index is 1040. The summed E-state index contributed by atoms with van der Waals surface area (Å²) >= 11 is 0. The molecule has 4 aliphatic heterocycles. The molecule has 0 amide bonds. The van der Waals surface area contributed by atoms with Gasteiger partial charge in [-0.15, -0.1) is 0 Å². The summed E-state index contributed by atoms with van der Waals surface area (Å²) in [6, 6.07) is 0. The Morgan fingerprint density at radius 1 is 0.943 bits per heavy atom. The molecule has 3 aliphatic carbocycles. The molecule has 0 unspecified atom stereocenters. The van der Waals surface area contributed by atoms with Crippen molar-refractivity contribution in [2.24, 2.45) is 45.8 Å². The fourth-order valence-corrected chi connectivity index (χ4v) is 11.3. The highest BCUT2D eigenvalue weighted by Gasteiger charge is 2.82. The van der Waals surface area contributed by atoms with Crippen molar-refractivity contribution in [3.8, 4) is 0 Å². The second kappa shape index (κ2) is 6.59. The average Bonchev–Trinajstić information content (AvgIpc) is 3.01. The van der Waals surface area contributed by atoms with Gasteiger partial charge in [0.1, 0.15) is 17.3 Å². The van der Waals surface area contributed by atoms with E-state index in [2.05, 4.69) is 39.5 Å². The molecule has 0 aromatic rings. The quantitative estimate of drug-likeness (QED) is 0.473. The first-order valence-electron chi connectivity index (χ1n) is 14.1. The Kier molecular flexibility index (Phi) is 4.31. The van der Waals surface area contributed by atoms with Gasteiger partial charge in [0.25, 0.3) is 0 Å². The second-order valence-corrected chi connectivity index (χ2v) is 14.5. The van der Waals surface area contributed by atoms with Gasteiger partial charge in [-0.3, -0.25) is 14.4 Å². The molecule has 7 aliphatic rings. The van der Waals surface area contributed by atoms with Crippen LogP contribution in [-0.2, 0) is 23.9 Å². The van der Waals surface area contributed by atoms with Crippen molar-refractivity contribution in [3.05, 3.63) is 0 Å². The third-order valence-electron chi connectivity index (χ3n) is 12.6. The van der Waals surface area contributed by atoms with Crippen molar-refractivity contribution in [1.82, 2.24) is 4.90 Å². The number of hydrogen-bond acceptors (Lipinski definition) is 6. The number of rotatable bonds is 0. The summed E-state index contributed by atoms with van der Waals surface area (Å²) in [5.74, 6) is 1.02. The zero-order valence-corrected chi connectivity index (χ0v) is 22.0. The van der Waals surface area contributed by atoms with Gasteiger partial charge in [0.15, 0.2) is 5.72 Å². The molecule has 192 valence electrons. The van der Waals surface area contributed by atoms with E-state index in [0.29, 0.717) is 37.5 Å². The Labute approximate surface area is 208 Å². The number of fused-ring (bicyclic) bond motifs is 5. The molecule has 3 saturated carbocycles. The highest BCUT2D eigenvalue weighted by atomic mass is 16.6. The van der Waals surface area contributed by atoms with Crippen LogP contribution in [0.1, 0.15) is 92.4 Å². The van der Waals surface area contributed by atoms with E-state index in [9.17, 15) is 14.4 Å². The van der Waals surface area contributed by atoms with Gasteiger partial charge in [0.2, 0.25) is 0 Å². The van der Waals surface area contributed by atoms with Gasteiger partial charge >= 0.3 is 5.97 Å². The average molecular weight is 484 g/mol. The van der Waals surface area contributed by atoms with Crippen molar-refractivity contribution in [2.75, 3.05) is 6.54 Å². The first kappa shape index (κ1) is 22.9. The van der Waals surface area contributed by atoms with Crippen molar-refractivity contribution >= 4 is 17.5 Å². The molecule has 6 heteroatoms. The molecular formula is C29H41NO5. The first-order chi connectivity index (χ1) is 16.4. The van der Waals surface area contributed by atoms with Crippen LogP contribution in [0, 0.1) is 45.8 Å². The van der Waals surface area contributed by atoms with Gasteiger partial charge in [0, 0.05) is 43.1 Å². The number of piperidine rings is 1. The lowest BCUT2D eigenvalue weighted by molar-refractivity contribution is -0.379. The van der Waals surface area contributed by atoms with Gasteiger partial charge in [0.05, 0.1) is 12.5 Å². The molecule has 4 saturated heterocycles. The Morgan fingerprint density at radius 2 is 1.71 bits per heavy atom. The molecule has 6 nitrogen and oxygen atoms in total. The smallest absolute Gasteiger partial charge is 0.308 e. The van der Waals surface area contributed by atoms with Gasteiger partial charge in [-0.25, -0.2) is 4.90 Å². The highest BCUT2D eigenvalue weighted by molar-refractivity contribution is 5.93. The molecule has 0 aromatic carbocycles. The Morgan fingerprint density at radius 3 is 2.49 bits per heavy atom. The zero-order chi connectivity index (χ0) is 24.8. The molecule has 7 rings (SSSR count). The van der Waals surface area contributed by atoms with Crippen molar-refractivity contribution in [1.29, 1.82) is 0 Å². The summed E-state index contributed by atoms with van der Waals surface area (Å²) in [5.41, 5.74) is -2.37. The third-order valence-corrected chi connectivity index (χ3v) is 12.6. The monoisotopic (exact) mass is 483 g/mol. The van der Waals surface area contributed by atoms with Crippen LogP contribution in [0.3, 0.4) is 0 Å². The van der Waals surface area contributed by atoms with Crippen molar-refractivity contribution in [3.63, 3.8) is 0 Å². The summed E-state index contributed by atoms with van der Waals surface area (Å²) in [5, 5.41) is 0. The second-order valence-electron chi connectivity index (χ2n) is 14.5. The molecule has 1 spiro atoms. The van der Waals surface area contributed by atoms with Gasteiger partial charge in [-0.05, 0) is 60.7 Å². The van der Waals surface area contributed by atoms with E-state index in [0.717, 1.165) is 38.6 Å². The SMILES string of the molecule is C[C@@H]1CC(=O)[C@H]2CC(=O)[C@H]3[C@@](C)(C[C@@]45OC(=O)C[C@]3(C)[C@]4(C)CC[C@]34C[C@@H](C)C[C@H](CN35)O4)[C@@H]2C1. The number of Topliss-reactive ketones (excluding diaryl/α,β-unsaturated/α-hetero) is 2. The maximum Gasteiger partial charge on any atom is 0.308 e. The number of esters is 1. The fraction of sp³-hybridized carbons (Fsp3) is 0.897. The summed E-state index contributed by atoms with van der Waals surface area (Å²) < 4.78 is 13.4. The fourth-order valence-electron chi connectivity index (χ4n) is 11.3. The predicted molar refractivity (Wildman–Crippen MR) is 128 cm³/mol. The number of ether oxygens (including phenoxy) is 2. The van der Waals surface area contributed by atoms with E-state index < -0.39 is 11.1 Å². The van der Waals surface area contributed by atoms with Crippen LogP contribution in [0.2, 0.25) is 0 Å².